The summed E-state index contributed by atoms with van der Waals surface area (Å²) in [6.07, 6.45) is 0.0604. The predicted octanol–water partition coefficient (Wildman–Crippen LogP) is 2.73. The Labute approximate surface area is 104 Å². The molecule has 3 nitrogen and oxygen atoms in total. The van der Waals surface area contributed by atoms with E-state index in [0.717, 1.165) is 0 Å². The Balaban J connectivity index is 3.02. The topological polar surface area (TPSA) is 52.3 Å². The monoisotopic (exact) mass is 261 g/mol. The molecule has 1 aromatic carbocycles. The number of esters is 1. The molecule has 0 fully saturated rings. The van der Waals surface area contributed by atoms with E-state index in [9.17, 15) is 4.79 Å². The van der Waals surface area contributed by atoms with Gasteiger partial charge in [-0.15, -0.1) is 0 Å². The van der Waals surface area contributed by atoms with Crippen molar-refractivity contribution in [1.82, 2.24) is 0 Å². The Morgan fingerprint density at radius 3 is 2.62 bits per heavy atom. The van der Waals surface area contributed by atoms with Gasteiger partial charge in [0.2, 0.25) is 0 Å². The lowest BCUT2D eigenvalue weighted by Crippen LogP contribution is -2.36. The molecule has 0 spiro atoms. The third-order valence-corrected chi connectivity index (χ3v) is 2.83. The highest BCUT2D eigenvalue weighted by Crippen LogP contribution is 2.30. The Morgan fingerprint density at radius 2 is 2.12 bits per heavy atom. The summed E-state index contributed by atoms with van der Waals surface area (Å²) >= 11 is 11.8. The van der Waals surface area contributed by atoms with Gasteiger partial charge in [-0.3, -0.25) is 4.79 Å². The van der Waals surface area contributed by atoms with Crippen molar-refractivity contribution in [2.75, 3.05) is 7.11 Å². The lowest BCUT2D eigenvalue weighted by Gasteiger charge is -2.25. The van der Waals surface area contributed by atoms with Crippen molar-refractivity contribution in [3.63, 3.8) is 0 Å². The zero-order valence-corrected chi connectivity index (χ0v) is 10.6. The third-order valence-electron chi connectivity index (χ3n) is 2.29. The van der Waals surface area contributed by atoms with Gasteiger partial charge in [-0.25, -0.2) is 0 Å². The quantitative estimate of drug-likeness (QED) is 0.852. The zero-order chi connectivity index (χ0) is 12.3. The molecule has 0 radical (unpaired) electrons. The largest absolute Gasteiger partial charge is 0.469 e. The summed E-state index contributed by atoms with van der Waals surface area (Å²) in [5.41, 5.74) is 5.84. The Kier molecular flexibility index (Phi) is 4.19. The molecule has 1 atom stereocenters. The first-order chi connectivity index (χ1) is 7.36. The summed E-state index contributed by atoms with van der Waals surface area (Å²) in [6, 6.07) is 5.00. The number of rotatable bonds is 3. The number of methoxy groups -OCH3 is 1. The van der Waals surface area contributed by atoms with Gasteiger partial charge < -0.3 is 10.5 Å². The van der Waals surface area contributed by atoms with Gasteiger partial charge >= 0.3 is 5.97 Å². The summed E-state index contributed by atoms with van der Waals surface area (Å²) in [5.74, 6) is -0.379. The fourth-order valence-corrected chi connectivity index (χ4v) is 2.04. The smallest absolute Gasteiger partial charge is 0.307 e. The summed E-state index contributed by atoms with van der Waals surface area (Å²) in [5, 5.41) is 0.976. The van der Waals surface area contributed by atoms with Crippen LogP contribution in [0.2, 0.25) is 10.0 Å². The van der Waals surface area contributed by atoms with Crippen LogP contribution in [0.1, 0.15) is 18.9 Å². The van der Waals surface area contributed by atoms with E-state index in [1.54, 1.807) is 25.1 Å². The molecule has 5 heteroatoms. The van der Waals surface area contributed by atoms with Crippen LogP contribution in [0.3, 0.4) is 0 Å². The molecule has 0 aliphatic rings. The molecule has 88 valence electrons. The van der Waals surface area contributed by atoms with E-state index in [-0.39, 0.29) is 12.4 Å². The van der Waals surface area contributed by atoms with Crippen molar-refractivity contribution in [2.45, 2.75) is 18.9 Å². The molecule has 2 N–H and O–H groups in total. The van der Waals surface area contributed by atoms with Crippen LogP contribution in [0.15, 0.2) is 18.2 Å². The van der Waals surface area contributed by atoms with E-state index in [2.05, 4.69) is 4.74 Å². The minimum absolute atomic E-state index is 0.0604. The highest BCUT2D eigenvalue weighted by atomic mass is 35.5. The van der Waals surface area contributed by atoms with E-state index < -0.39 is 5.54 Å². The first kappa shape index (κ1) is 13.3. The molecule has 0 aromatic heterocycles. The molecule has 1 aromatic rings. The van der Waals surface area contributed by atoms with Crippen molar-refractivity contribution < 1.29 is 9.53 Å². The number of carbonyl (C=O) groups excluding carboxylic acids is 1. The van der Waals surface area contributed by atoms with Crippen LogP contribution < -0.4 is 5.73 Å². The fraction of sp³-hybridized carbons (Fsp3) is 0.364. The fourth-order valence-electron chi connectivity index (χ4n) is 1.42. The standard InChI is InChI=1S/C11H13Cl2NO2/c1-11(14,6-10(15)16-2)8-4-3-7(12)5-9(8)13/h3-5H,6,14H2,1-2H3. The summed E-state index contributed by atoms with van der Waals surface area (Å²) in [4.78, 5) is 11.2. The van der Waals surface area contributed by atoms with Crippen LogP contribution in [-0.2, 0) is 15.1 Å². The second kappa shape index (κ2) is 5.04. The van der Waals surface area contributed by atoms with Crippen molar-refractivity contribution >= 4 is 29.2 Å². The Hall–Kier alpha value is -0.770. The molecule has 0 aliphatic heterocycles. The lowest BCUT2D eigenvalue weighted by atomic mass is 9.90. The Bertz CT molecular complexity index is 405. The lowest BCUT2D eigenvalue weighted by molar-refractivity contribution is -0.141. The first-order valence-electron chi connectivity index (χ1n) is 4.68. The molecule has 0 bridgehead atoms. The van der Waals surface area contributed by atoms with Crippen molar-refractivity contribution in [1.29, 1.82) is 0 Å². The number of halogens is 2. The van der Waals surface area contributed by atoms with Crippen molar-refractivity contribution in [2.24, 2.45) is 5.73 Å². The number of carbonyl (C=O) groups is 1. The number of nitrogens with two attached hydrogens (primary N) is 1. The van der Waals surface area contributed by atoms with Crippen molar-refractivity contribution in [3.8, 4) is 0 Å². The maximum atomic E-state index is 11.2. The van der Waals surface area contributed by atoms with E-state index >= 15 is 0 Å². The van der Waals surface area contributed by atoms with E-state index in [1.165, 1.54) is 7.11 Å². The molecule has 0 heterocycles. The van der Waals surface area contributed by atoms with Crippen LogP contribution in [0.5, 0.6) is 0 Å². The van der Waals surface area contributed by atoms with Gasteiger partial charge in [0.05, 0.1) is 19.1 Å². The maximum Gasteiger partial charge on any atom is 0.307 e. The second-order valence-electron chi connectivity index (χ2n) is 3.79. The van der Waals surface area contributed by atoms with Gasteiger partial charge in [0.25, 0.3) is 0 Å². The summed E-state index contributed by atoms with van der Waals surface area (Å²) in [6.45, 7) is 1.72. The van der Waals surface area contributed by atoms with E-state index in [1.807, 2.05) is 0 Å². The van der Waals surface area contributed by atoms with Crippen LogP contribution in [-0.4, -0.2) is 13.1 Å². The van der Waals surface area contributed by atoms with Gasteiger partial charge in [0, 0.05) is 10.0 Å². The van der Waals surface area contributed by atoms with E-state index in [0.29, 0.717) is 15.6 Å². The van der Waals surface area contributed by atoms with Crippen LogP contribution >= 0.6 is 23.2 Å². The summed E-state index contributed by atoms with van der Waals surface area (Å²) in [7, 11) is 1.32. The molecular weight excluding hydrogens is 249 g/mol. The van der Waals surface area contributed by atoms with E-state index in [4.69, 9.17) is 28.9 Å². The average molecular weight is 262 g/mol. The Morgan fingerprint density at radius 1 is 1.50 bits per heavy atom. The minimum Gasteiger partial charge on any atom is -0.469 e. The van der Waals surface area contributed by atoms with Gasteiger partial charge in [-0.1, -0.05) is 29.3 Å². The van der Waals surface area contributed by atoms with Crippen molar-refractivity contribution in [3.05, 3.63) is 33.8 Å². The van der Waals surface area contributed by atoms with Gasteiger partial charge in [-0.2, -0.15) is 0 Å². The van der Waals surface area contributed by atoms with Crippen LogP contribution in [0.25, 0.3) is 0 Å². The molecule has 0 amide bonds. The normalized spacial score (nSPS) is 14.3. The van der Waals surface area contributed by atoms with Crippen LogP contribution in [0, 0.1) is 0 Å². The molecular formula is C11H13Cl2NO2. The second-order valence-corrected chi connectivity index (χ2v) is 4.64. The highest BCUT2D eigenvalue weighted by Gasteiger charge is 2.27. The third kappa shape index (κ3) is 3.11. The molecule has 1 rings (SSSR count). The SMILES string of the molecule is COC(=O)CC(C)(N)c1ccc(Cl)cc1Cl. The molecule has 16 heavy (non-hydrogen) atoms. The number of hydrogen-bond acceptors (Lipinski definition) is 3. The minimum atomic E-state index is -0.866. The van der Waals surface area contributed by atoms with Gasteiger partial charge in [-0.05, 0) is 24.6 Å². The highest BCUT2D eigenvalue weighted by molar-refractivity contribution is 6.35. The zero-order valence-electron chi connectivity index (χ0n) is 9.09. The predicted molar refractivity (Wildman–Crippen MR) is 64.6 cm³/mol. The number of ether oxygens (including phenoxy) is 1. The first-order valence-corrected chi connectivity index (χ1v) is 5.43. The molecule has 0 saturated heterocycles. The van der Waals surface area contributed by atoms with Crippen LogP contribution in [0.4, 0.5) is 0 Å². The number of benzene rings is 1. The van der Waals surface area contributed by atoms with Gasteiger partial charge in [0.15, 0.2) is 0 Å². The molecule has 0 saturated carbocycles. The average Bonchev–Trinajstić information content (AvgIpc) is 2.16. The molecule has 0 aliphatic carbocycles. The maximum absolute atomic E-state index is 11.2. The van der Waals surface area contributed by atoms with Gasteiger partial charge in [0.1, 0.15) is 0 Å². The molecule has 1 unspecified atom stereocenters. The summed E-state index contributed by atoms with van der Waals surface area (Å²) < 4.78 is 4.58. The number of hydrogen-bond donors (Lipinski definition) is 1.